The largest absolute Gasteiger partial charge is 0.445 e. The highest BCUT2D eigenvalue weighted by Gasteiger charge is 2.50. The molecule has 1 aliphatic heterocycles. The number of nitrogens with zero attached hydrogens (tertiary/aromatic N) is 1. The molecule has 1 saturated heterocycles. The average molecular weight is 598 g/mol. The van der Waals surface area contributed by atoms with Gasteiger partial charge in [0.2, 0.25) is 0 Å². The number of carbonyl (C=O) groups is 1. The highest BCUT2D eigenvalue weighted by molar-refractivity contribution is 5.68. The highest BCUT2D eigenvalue weighted by atomic mass is 16.6. The summed E-state index contributed by atoms with van der Waals surface area (Å²) < 4.78 is 25.2. The zero-order chi connectivity index (χ0) is 30.6. The number of ether oxygens (including phenoxy) is 4. The summed E-state index contributed by atoms with van der Waals surface area (Å²) in [5, 5.41) is 21.3. The lowest BCUT2D eigenvalue weighted by Crippen LogP contribution is -2.68. The lowest BCUT2D eigenvalue weighted by atomic mass is 9.89. The number of aliphatic hydroxyl groups excluding tert-OH is 2. The number of amides is 1. The second-order valence-electron chi connectivity index (χ2n) is 10.8. The molecule has 2 N–H and O–H groups in total. The molecule has 1 amide bonds. The van der Waals surface area contributed by atoms with Crippen LogP contribution in [0.15, 0.2) is 121 Å². The Morgan fingerprint density at radius 1 is 0.636 bits per heavy atom. The number of rotatable bonds is 13. The number of aliphatic hydroxyl groups is 2. The first-order valence-electron chi connectivity index (χ1n) is 14.8. The van der Waals surface area contributed by atoms with Crippen molar-refractivity contribution in [1.29, 1.82) is 0 Å². The van der Waals surface area contributed by atoms with Gasteiger partial charge in [-0.15, -0.1) is 0 Å². The van der Waals surface area contributed by atoms with Crippen LogP contribution < -0.4 is 0 Å². The van der Waals surface area contributed by atoms with E-state index in [0.717, 1.165) is 22.3 Å². The smallest absolute Gasteiger partial charge is 0.410 e. The van der Waals surface area contributed by atoms with Crippen molar-refractivity contribution < 1.29 is 34.0 Å². The minimum absolute atomic E-state index is 0.0527. The van der Waals surface area contributed by atoms with E-state index in [1.807, 2.05) is 121 Å². The molecule has 5 atom stereocenters. The molecule has 5 rings (SSSR count). The quantitative estimate of drug-likeness (QED) is 0.221. The summed E-state index contributed by atoms with van der Waals surface area (Å²) in [6.45, 7) is 0.275. The molecule has 0 saturated carbocycles. The van der Waals surface area contributed by atoms with Crippen molar-refractivity contribution in [3.63, 3.8) is 0 Å². The monoisotopic (exact) mass is 597 g/mol. The molecule has 4 aromatic rings. The van der Waals surface area contributed by atoms with Crippen molar-refractivity contribution in [1.82, 2.24) is 4.90 Å². The fourth-order valence-corrected chi connectivity index (χ4v) is 5.39. The summed E-state index contributed by atoms with van der Waals surface area (Å²) in [5.41, 5.74) is 3.67. The van der Waals surface area contributed by atoms with Gasteiger partial charge in [0, 0.05) is 0 Å². The third-order valence-electron chi connectivity index (χ3n) is 7.66. The lowest BCUT2D eigenvalue weighted by Gasteiger charge is -2.49. The number of piperidine rings is 1. The molecule has 1 aliphatic rings. The van der Waals surface area contributed by atoms with Crippen molar-refractivity contribution >= 4 is 6.09 Å². The number of hydrogen-bond acceptors (Lipinski definition) is 7. The number of hydrogen-bond donors (Lipinski definition) is 2. The summed E-state index contributed by atoms with van der Waals surface area (Å²) in [5.74, 6) is 0. The summed E-state index contributed by atoms with van der Waals surface area (Å²) in [7, 11) is 0. The van der Waals surface area contributed by atoms with Crippen LogP contribution in [-0.4, -0.2) is 64.8 Å². The van der Waals surface area contributed by atoms with E-state index in [9.17, 15) is 15.0 Å². The molecule has 1 heterocycles. The first-order chi connectivity index (χ1) is 21.6. The van der Waals surface area contributed by atoms with E-state index >= 15 is 0 Å². The Hall–Kier alpha value is -4.05. The second kappa shape index (κ2) is 16.1. The Balaban J connectivity index is 1.46. The molecule has 44 heavy (non-hydrogen) atoms. The molecule has 0 aromatic heterocycles. The standard InChI is InChI=1S/C36H39NO7/c38-22-31(39)33-35(43-25-29-17-9-3-10-18-29)34(42-24-28-15-7-2-8-16-28)32(41-23-27-13-5-1-6-14-27)21-37(33)36(40)44-26-30-19-11-4-12-20-30/h1-20,31-35,38-39H,21-26H2/t31-,32?,33?,34?,35+/m0/s1. The molecule has 0 aliphatic carbocycles. The minimum atomic E-state index is -1.32. The second-order valence-corrected chi connectivity index (χ2v) is 10.8. The van der Waals surface area contributed by atoms with Crippen LogP contribution in [0.4, 0.5) is 4.79 Å². The normalized spacial score (nSPS) is 20.6. The van der Waals surface area contributed by atoms with E-state index < -0.39 is 43.2 Å². The minimum Gasteiger partial charge on any atom is -0.445 e. The first kappa shape index (κ1) is 31.4. The van der Waals surface area contributed by atoms with Gasteiger partial charge in [-0.05, 0) is 22.3 Å². The van der Waals surface area contributed by atoms with Gasteiger partial charge in [-0.1, -0.05) is 121 Å². The van der Waals surface area contributed by atoms with Gasteiger partial charge in [0.1, 0.15) is 31.0 Å². The summed E-state index contributed by atoms with van der Waals surface area (Å²) in [6.07, 6.45) is -4.15. The molecule has 0 bridgehead atoms. The SMILES string of the molecule is O=C(OCc1ccccc1)N1CC(OCc2ccccc2)C(OCc2ccccc2)[C@H](OCc2ccccc2)C1[C@@H](O)CO. The van der Waals surface area contributed by atoms with E-state index in [2.05, 4.69) is 0 Å². The Morgan fingerprint density at radius 2 is 1.05 bits per heavy atom. The van der Waals surface area contributed by atoms with E-state index in [-0.39, 0.29) is 33.0 Å². The molecule has 0 spiro atoms. The Morgan fingerprint density at radius 3 is 1.50 bits per heavy atom. The zero-order valence-corrected chi connectivity index (χ0v) is 24.6. The van der Waals surface area contributed by atoms with Gasteiger partial charge in [0.25, 0.3) is 0 Å². The third-order valence-corrected chi connectivity index (χ3v) is 7.66. The van der Waals surface area contributed by atoms with Crippen molar-refractivity contribution in [2.24, 2.45) is 0 Å². The maximum Gasteiger partial charge on any atom is 0.410 e. The predicted molar refractivity (Wildman–Crippen MR) is 165 cm³/mol. The summed E-state index contributed by atoms with van der Waals surface area (Å²) >= 11 is 0. The highest BCUT2D eigenvalue weighted by Crippen LogP contribution is 2.31. The van der Waals surface area contributed by atoms with Crippen LogP contribution in [0.2, 0.25) is 0 Å². The molecule has 1 fully saturated rings. The molecular weight excluding hydrogens is 558 g/mol. The van der Waals surface area contributed by atoms with Gasteiger partial charge < -0.3 is 29.2 Å². The fourth-order valence-electron chi connectivity index (χ4n) is 5.39. The maximum atomic E-state index is 13.7. The summed E-state index contributed by atoms with van der Waals surface area (Å²) in [4.78, 5) is 15.1. The van der Waals surface area contributed by atoms with Crippen LogP contribution >= 0.6 is 0 Å². The van der Waals surface area contributed by atoms with Crippen LogP contribution in [0.25, 0.3) is 0 Å². The maximum absolute atomic E-state index is 13.7. The van der Waals surface area contributed by atoms with Crippen LogP contribution in [0.1, 0.15) is 22.3 Å². The van der Waals surface area contributed by atoms with Crippen molar-refractivity contribution in [2.45, 2.75) is 56.9 Å². The average Bonchev–Trinajstić information content (AvgIpc) is 3.09. The first-order valence-corrected chi connectivity index (χ1v) is 14.8. The van der Waals surface area contributed by atoms with Crippen LogP contribution in [-0.2, 0) is 45.4 Å². The van der Waals surface area contributed by atoms with Gasteiger partial charge in [0.15, 0.2) is 0 Å². The lowest BCUT2D eigenvalue weighted by molar-refractivity contribution is -0.213. The van der Waals surface area contributed by atoms with Crippen molar-refractivity contribution in [3.8, 4) is 0 Å². The van der Waals surface area contributed by atoms with E-state index in [1.54, 1.807) is 0 Å². The molecule has 8 nitrogen and oxygen atoms in total. The Kier molecular flexibility index (Phi) is 11.5. The predicted octanol–water partition coefficient (Wildman–Crippen LogP) is 5.12. The fraction of sp³-hybridized carbons (Fsp3) is 0.306. The van der Waals surface area contributed by atoms with Gasteiger partial charge in [0.05, 0.1) is 39.0 Å². The van der Waals surface area contributed by atoms with Crippen molar-refractivity contribution in [2.75, 3.05) is 13.2 Å². The molecule has 4 aromatic carbocycles. The zero-order valence-electron chi connectivity index (χ0n) is 24.6. The number of carbonyl (C=O) groups excluding carboxylic acids is 1. The van der Waals surface area contributed by atoms with Gasteiger partial charge in [-0.3, -0.25) is 4.90 Å². The van der Waals surface area contributed by atoms with E-state index in [1.165, 1.54) is 4.90 Å². The van der Waals surface area contributed by atoms with Crippen LogP contribution in [0, 0.1) is 0 Å². The number of benzene rings is 4. The molecule has 3 unspecified atom stereocenters. The van der Waals surface area contributed by atoms with E-state index in [4.69, 9.17) is 18.9 Å². The number of likely N-dealkylation sites (tertiary alicyclic amines) is 1. The molecule has 230 valence electrons. The molecule has 0 radical (unpaired) electrons. The Bertz CT molecular complexity index is 1390. The van der Waals surface area contributed by atoms with Gasteiger partial charge in [-0.2, -0.15) is 0 Å². The van der Waals surface area contributed by atoms with Crippen LogP contribution in [0.3, 0.4) is 0 Å². The Labute approximate surface area is 258 Å². The third kappa shape index (κ3) is 8.53. The van der Waals surface area contributed by atoms with Gasteiger partial charge in [-0.25, -0.2) is 4.79 Å². The topological polar surface area (TPSA) is 97.7 Å². The van der Waals surface area contributed by atoms with Crippen LogP contribution in [0.5, 0.6) is 0 Å². The molecule has 8 heteroatoms. The van der Waals surface area contributed by atoms with E-state index in [0.29, 0.717) is 0 Å². The van der Waals surface area contributed by atoms with Crippen molar-refractivity contribution in [3.05, 3.63) is 144 Å². The van der Waals surface area contributed by atoms with Gasteiger partial charge >= 0.3 is 6.09 Å². The molecular formula is C36H39NO7. The summed E-state index contributed by atoms with van der Waals surface area (Å²) in [6, 6.07) is 37.6.